The summed E-state index contributed by atoms with van der Waals surface area (Å²) in [6.07, 6.45) is 3.40. The number of aromatic nitrogens is 7. The van der Waals surface area contributed by atoms with Crippen LogP contribution in [-0.2, 0) is 11.3 Å². The number of esters is 1. The third-order valence-corrected chi connectivity index (χ3v) is 4.57. The van der Waals surface area contributed by atoms with Gasteiger partial charge < -0.3 is 9.72 Å². The molecule has 0 saturated carbocycles. The zero-order valence-corrected chi connectivity index (χ0v) is 15.4. The third kappa shape index (κ3) is 3.08. The van der Waals surface area contributed by atoms with Gasteiger partial charge in [-0.15, -0.1) is 5.10 Å². The minimum Gasteiger partial charge on any atom is -0.453 e. The lowest BCUT2D eigenvalue weighted by Crippen LogP contribution is -2.09. The number of ether oxygens (including phenoxy) is 1. The average Bonchev–Trinajstić information content (AvgIpc) is 3.34. The number of imidazole rings is 1. The number of carbonyl (C=O) groups is 1. The number of fused-ring (bicyclic) bond motifs is 2. The third-order valence-electron chi connectivity index (χ3n) is 4.57. The van der Waals surface area contributed by atoms with Crippen LogP contribution >= 0.6 is 0 Å². The molecule has 5 aromatic rings. The van der Waals surface area contributed by atoms with Crippen LogP contribution in [0.15, 0.2) is 54.9 Å². The molecule has 0 fully saturated rings. The SMILES string of the molecule is Cc1c(C(=O)OCc2nc3ncccc3[nH]2)nnn1-c1ccc2ncccc2c1. The Morgan fingerprint density at radius 2 is 2.00 bits per heavy atom. The van der Waals surface area contributed by atoms with Crippen molar-refractivity contribution in [2.75, 3.05) is 0 Å². The summed E-state index contributed by atoms with van der Waals surface area (Å²) in [6.45, 7) is 1.76. The number of pyridine rings is 2. The van der Waals surface area contributed by atoms with Crippen LogP contribution in [0.5, 0.6) is 0 Å². The molecule has 9 heteroatoms. The summed E-state index contributed by atoms with van der Waals surface area (Å²) in [7, 11) is 0. The van der Waals surface area contributed by atoms with E-state index in [4.69, 9.17) is 4.74 Å². The first-order valence-corrected chi connectivity index (χ1v) is 8.93. The molecule has 0 spiro atoms. The zero-order valence-electron chi connectivity index (χ0n) is 15.4. The van der Waals surface area contributed by atoms with E-state index in [1.54, 1.807) is 30.1 Å². The number of nitrogens with zero attached hydrogens (tertiary/aromatic N) is 6. The molecule has 0 amide bonds. The van der Waals surface area contributed by atoms with E-state index >= 15 is 0 Å². The summed E-state index contributed by atoms with van der Waals surface area (Å²) in [5.74, 6) is -0.0521. The van der Waals surface area contributed by atoms with E-state index in [0.717, 1.165) is 22.1 Å². The molecule has 0 saturated heterocycles. The van der Waals surface area contributed by atoms with E-state index in [0.29, 0.717) is 17.2 Å². The van der Waals surface area contributed by atoms with Gasteiger partial charge >= 0.3 is 5.97 Å². The molecule has 1 aromatic carbocycles. The highest BCUT2D eigenvalue weighted by molar-refractivity contribution is 5.88. The fraction of sp³-hybridized carbons (Fsp3) is 0.100. The van der Waals surface area contributed by atoms with Crippen molar-refractivity contribution in [1.29, 1.82) is 0 Å². The monoisotopic (exact) mass is 385 g/mol. The molecule has 142 valence electrons. The summed E-state index contributed by atoms with van der Waals surface area (Å²) < 4.78 is 6.96. The molecule has 4 heterocycles. The second kappa shape index (κ2) is 6.79. The quantitative estimate of drug-likeness (QED) is 0.473. The van der Waals surface area contributed by atoms with Crippen LogP contribution < -0.4 is 0 Å². The van der Waals surface area contributed by atoms with Crippen molar-refractivity contribution < 1.29 is 9.53 Å². The predicted octanol–water partition coefficient (Wildman–Crippen LogP) is 2.75. The number of H-pyrrole nitrogens is 1. The van der Waals surface area contributed by atoms with Crippen LogP contribution in [0.3, 0.4) is 0 Å². The molecule has 0 atom stereocenters. The topological polar surface area (TPSA) is 111 Å². The van der Waals surface area contributed by atoms with Gasteiger partial charge in [0.25, 0.3) is 0 Å². The highest BCUT2D eigenvalue weighted by Crippen LogP contribution is 2.19. The van der Waals surface area contributed by atoms with Crippen molar-refractivity contribution in [3.63, 3.8) is 0 Å². The number of aromatic amines is 1. The molecule has 0 aliphatic rings. The largest absolute Gasteiger partial charge is 0.453 e. The molecule has 0 bridgehead atoms. The molecule has 0 aliphatic heterocycles. The molecule has 0 aliphatic carbocycles. The van der Waals surface area contributed by atoms with Gasteiger partial charge in [0.05, 0.1) is 22.4 Å². The van der Waals surface area contributed by atoms with E-state index in [-0.39, 0.29) is 12.3 Å². The van der Waals surface area contributed by atoms with Gasteiger partial charge in [-0.25, -0.2) is 19.4 Å². The standard InChI is InChI=1S/C20H15N7O2/c1-12-18(20(28)29-11-17-23-16-5-3-9-22-19(16)24-17)25-26-27(12)14-6-7-15-13(10-14)4-2-8-21-15/h2-10H,11H2,1H3,(H,22,23,24). The Kier molecular flexibility index (Phi) is 3.98. The maximum absolute atomic E-state index is 12.5. The van der Waals surface area contributed by atoms with Crippen LogP contribution in [0, 0.1) is 6.92 Å². The van der Waals surface area contributed by atoms with Crippen molar-refractivity contribution in [2.24, 2.45) is 0 Å². The van der Waals surface area contributed by atoms with Crippen molar-refractivity contribution in [1.82, 2.24) is 34.9 Å². The number of benzene rings is 1. The van der Waals surface area contributed by atoms with Gasteiger partial charge in [-0.1, -0.05) is 11.3 Å². The summed E-state index contributed by atoms with van der Waals surface area (Å²) in [6, 6.07) is 13.2. The Morgan fingerprint density at radius 1 is 1.14 bits per heavy atom. The number of rotatable bonds is 4. The van der Waals surface area contributed by atoms with Gasteiger partial charge in [0.2, 0.25) is 0 Å². The van der Waals surface area contributed by atoms with E-state index in [9.17, 15) is 4.79 Å². The van der Waals surface area contributed by atoms with Crippen molar-refractivity contribution in [3.05, 3.63) is 72.1 Å². The van der Waals surface area contributed by atoms with Crippen LogP contribution in [0.2, 0.25) is 0 Å². The summed E-state index contributed by atoms with van der Waals surface area (Å²) >= 11 is 0. The van der Waals surface area contributed by atoms with Crippen molar-refractivity contribution in [2.45, 2.75) is 13.5 Å². The Balaban J connectivity index is 1.37. The minimum absolute atomic E-state index is 0.0108. The van der Waals surface area contributed by atoms with Gasteiger partial charge in [-0.2, -0.15) is 0 Å². The normalized spacial score (nSPS) is 11.2. The molecule has 0 unspecified atom stereocenters. The van der Waals surface area contributed by atoms with E-state index in [2.05, 4.69) is 30.2 Å². The number of carbonyl (C=O) groups excluding carboxylic acids is 1. The van der Waals surface area contributed by atoms with Gasteiger partial charge in [-0.05, 0) is 43.3 Å². The van der Waals surface area contributed by atoms with Crippen molar-refractivity contribution in [3.8, 4) is 5.69 Å². The number of hydrogen-bond acceptors (Lipinski definition) is 7. The van der Waals surface area contributed by atoms with Crippen molar-refractivity contribution >= 4 is 28.0 Å². The molecule has 29 heavy (non-hydrogen) atoms. The smallest absolute Gasteiger partial charge is 0.361 e. The first kappa shape index (κ1) is 17.0. The zero-order chi connectivity index (χ0) is 19.8. The van der Waals surface area contributed by atoms with Gasteiger partial charge in [-0.3, -0.25) is 4.98 Å². The van der Waals surface area contributed by atoms with E-state index in [1.165, 1.54) is 0 Å². The first-order valence-electron chi connectivity index (χ1n) is 8.93. The average molecular weight is 385 g/mol. The Morgan fingerprint density at radius 3 is 2.90 bits per heavy atom. The predicted molar refractivity (Wildman–Crippen MR) is 104 cm³/mol. The molecule has 1 N–H and O–H groups in total. The molecule has 9 nitrogen and oxygen atoms in total. The Labute approximate surface area is 164 Å². The molecule has 5 rings (SSSR count). The summed E-state index contributed by atoms with van der Waals surface area (Å²) in [4.78, 5) is 28.3. The van der Waals surface area contributed by atoms with Crippen LogP contribution in [0.4, 0.5) is 0 Å². The molecular weight excluding hydrogens is 370 g/mol. The molecule has 4 aromatic heterocycles. The summed E-state index contributed by atoms with van der Waals surface area (Å²) in [5.41, 5.74) is 3.78. The highest BCUT2D eigenvalue weighted by Gasteiger charge is 2.19. The fourth-order valence-corrected chi connectivity index (χ4v) is 3.12. The van der Waals surface area contributed by atoms with Gasteiger partial charge in [0.1, 0.15) is 12.4 Å². The lowest BCUT2D eigenvalue weighted by atomic mass is 10.2. The molecule has 0 radical (unpaired) electrons. The Bertz CT molecular complexity index is 1320. The van der Waals surface area contributed by atoms with Crippen LogP contribution in [0.1, 0.15) is 22.0 Å². The lowest BCUT2D eigenvalue weighted by Gasteiger charge is -2.05. The Hall–Kier alpha value is -4.14. The van der Waals surface area contributed by atoms with Gasteiger partial charge in [0.15, 0.2) is 11.3 Å². The second-order valence-electron chi connectivity index (χ2n) is 6.45. The lowest BCUT2D eigenvalue weighted by molar-refractivity contribution is 0.0455. The highest BCUT2D eigenvalue weighted by atomic mass is 16.5. The second-order valence-corrected chi connectivity index (χ2v) is 6.45. The van der Waals surface area contributed by atoms with E-state index < -0.39 is 5.97 Å². The number of hydrogen-bond donors (Lipinski definition) is 1. The van der Waals surface area contributed by atoms with Crippen LogP contribution in [-0.4, -0.2) is 40.9 Å². The minimum atomic E-state index is -0.565. The maximum atomic E-state index is 12.5. The number of nitrogens with one attached hydrogen (secondary N) is 1. The molecular formula is C20H15N7O2. The van der Waals surface area contributed by atoms with E-state index in [1.807, 2.05) is 36.4 Å². The fourth-order valence-electron chi connectivity index (χ4n) is 3.12. The summed E-state index contributed by atoms with van der Waals surface area (Å²) in [5, 5.41) is 9.10. The first-order chi connectivity index (χ1) is 14.2. The van der Waals surface area contributed by atoms with Crippen LogP contribution in [0.25, 0.3) is 27.8 Å². The maximum Gasteiger partial charge on any atom is 0.361 e. The van der Waals surface area contributed by atoms with Gasteiger partial charge in [0, 0.05) is 17.8 Å².